The number of hydrogen-bond acceptors (Lipinski definition) is 4. The van der Waals surface area contributed by atoms with Crippen molar-refractivity contribution < 1.29 is 27.8 Å². The molecule has 3 atom stereocenters. The summed E-state index contributed by atoms with van der Waals surface area (Å²) >= 11 is 0. The van der Waals surface area contributed by atoms with Crippen LogP contribution < -0.4 is 0 Å². The van der Waals surface area contributed by atoms with Gasteiger partial charge >= 0.3 is 12.1 Å². The molecule has 0 spiro atoms. The van der Waals surface area contributed by atoms with Crippen LogP contribution in [-0.4, -0.2) is 42.3 Å². The molecule has 0 N–H and O–H groups in total. The Balaban J connectivity index is 2.23. The van der Waals surface area contributed by atoms with E-state index in [-0.39, 0.29) is 11.6 Å². The van der Waals surface area contributed by atoms with Crippen molar-refractivity contribution >= 4 is 12.1 Å². The molecule has 5 nitrogen and oxygen atoms in total. The summed E-state index contributed by atoms with van der Waals surface area (Å²) in [4.78, 5) is 26.6. The summed E-state index contributed by atoms with van der Waals surface area (Å²) in [6.45, 7) is 7.62. The van der Waals surface area contributed by atoms with Gasteiger partial charge in [-0.1, -0.05) is 19.4 Å². The van der Waals surface area contributed by atoms with Gasteiger partial charge in [-0.3, -0.25) is 4.79 Å². The van der Waals surface area contributed by atoms with E-state index in [2.05, 4.69) is 0 Å². The van der Waals surface area contributed by atoms with E-state index in [1.807, 2.05) is 6.92 Å². The van der Waals surface area contributed by atoms with E-state index < -0.39 is 41.1 Å². The summed E-state index contributed by atoms with van der Waals surface area (Å²) < 4.78 is 38.6. The molecule has 162 valence electrons. The number of benzene rings is 1. The van der Waals surface area contributed by atoms with Gasteiger partial charge in [-0.05, 0) is 51.7 Å². The third-order valence-electron chi connectivity index (χ3n) is 5.17. The molecule has 7 heteroatoms. The van der Waals surface area contributed by atoms with E-state index in [1.54, 1.807) is 27.8 Å². The summed E-state index contributed by atoms with van der Waals surface area (Å²) in [7, 11) is 1.61. The first kappa shape index (κ1) is 23.1. The fraction of sp³-hybridized carbons (Fsp3) is 0.636. The zero-order chi connectivity index (χ0) is 21.8. The van der Waals surface area contributed by atoms with Gasteiger partial charge in [0, 0.05) is 25.1 Å². The Labute approximate surface area is 171 Å². The molecular weight excluding hydrogens is 380 g/mol. The lowest BCUT2D eigenvalue weighted by Crippen LogP contribution is -2.40. The highest BCUT2D eigenvalue weighted by atomic mass is 19.1. The van der Waals surface area contributed by atoms with E-state index in [0.717, 1.165) is 18.9 Å². The molecule has 1 aromatic carbocycles. The first-order valence-electron chi connectivity index (χ1n) is 10.1. The number of carbonyl (C=O) groups excluding carboxylic acids is 2. The predicted octanol–water partition coefficient (Wildman–Crippen LogP) is 5.04. The Kier molecular flexibility index (Phi) is 7.60. The summed E-state index contributed by atoms with van der Waals surface area (Å²) in [5.41, 5.74) is -0.380. The zero-order valence-corrected chi connectivity index (χ0v) is 17.8. The van der Waals surface area contributed by atoms with Crippen molar-refractivity contribution in [2.75, 3.05) is 13.7 Å². The van der Waals surface area contributed by atoms with Crippen LogP contribution in [0.1, 0.15) is 64.9 Å². The summed E-state index contributed by atoms with van der Waals surface area (Å²) in [6, 6.07) is 3.06. The Morgan fingerprint density at radius 3 is 2.48 bits per heavy atom. The average Bonchev–Trinajstić information content (AvgIpc) is 3.04. The maximum Gasteiger partial charge on any atom is 0.410 e. The van der Waals surface area contributed by atoms with Crippen LogP contribution in [0.15, 0.2) is 18.2 Å². The second-order valence-electron chi connectivity index (χ2n) is 8.62. The smallest absolute Gasteiger partial charge is 0.410 e. The number of esters is 1. The Morgan fingerprint density at radius 2 is 1.90 bits per heavy atom. The van der Waals surface area contributed by atoms with Crippen molar-refractivity contribution in [1.29, 1.82) is 0 Å². The summed E-state index contributed by atoms with van der Waals surface area (Å²) in [5.74, 6) is -2.88. The number of hydrogen-bond donors (Lipinski definition) is 0. The summed E-state index contributed by atoms with van der Waals surface area (Å²) in [5, 5.41) is 0. The van der Waals surface area contributed by atoms with E-state index in [9.17, 15) is 18.4 Å². The minimum absolute atomic E-state index is 0.268. The summed E-state index contributed by atoms with van der Waals surface area (Å²) in [6.07, 6.45) is 1.84. The first-order chi connectivity index (χ1) is 13.5. The normalized spacial score (nSPS) is 21.7. The number of unbranched alkanes of at least 4 members (excludes halogenated alkanes) is 1. The largest absolute Gasteiger partial charge is 0.465 e. The van der Waals surface area contributed by atoms with Crippen LogP contribution in [0.4, 0.5) is 13.6 Å². The number of amides is 1. The van der Waals surface area contributed by atoms with Crippen LogP contribution in [0, 0.1) is 17.6 Å². The minimum atomic E-state index is -0.693. The molecule has 1 aromatic rings. The Morgan fingerprint density at radius 1 is 1.21 bits per heavy atom. The van der Waals surface area contributed by atoms with E-state index in [1.165, 1.54) is 17.0 Å². The monoisotopic (exact) mass is 411 g/mol. The Hall–Kier alpha value is -2.18. The van der Waals surface area contributed by atoms with Crippen LogP contribution in [0.5, 0.6) is 0 Å². The van der Waals surface area contributed by atoms with E-state index in [0.29, 0.717) is 19.4 Å². The van der Waals surface area contributed by atoms with Gasteiger partial charge in [0.1, 0.15) is 17.2 Å². The van der Waals surface area contributed by atoms with Crippen LogP contribution in [-0.2, 0) is 14.3 Å². The lowest BCUT2D eigenvalue weighted by atomic mass is 9.88. The van der Waals surface area contributed by atoms with Gasteiger partial charge in [0.15, 0.2) is 0 Å². The second kappa shape index (κ2) is 9.55. The molecule has 1 saturated carbocycles. The van der Waals surface area contributed by atoms with Gasteiger partial charge in [0.2, 0.25) is 0 Å². The molecule has 0 aromatic heterocycles. The SMILES string of the molecule is CCCCOC(=O)[C@@H]1C[C@@H](N(C)C(=O)OC(C)(C)C)C[C@H]1c1ccc(F)cc1F. The average molecular weight is 411 g/mol. The molecule has 29 heavy (non-hydrogen) atoms. The molecule has 0 heterocycles. The third kappa shape index (κ3) is 6.15. The van der Waals surface area contributed by atoms with Crippen molar-refractivity contribution in [2.24, 2.45) is 5.92 Å². The van der Waals surface area contributed by atoms with E-state index >= 15 is 0 Å². The van der Waals surface area contributed by atoms with Crippen molar-refractivity contribution in [3.63, 3.8) is 0 Å². The van der Waals surface area contributed by atoms with Crippen LogP contribution in [0.3, 0.4) is 0 Å². The molecule has 1 aliphatic rings. The number of halogens is 2. The van der Waals surface area contributed by atoms with Gasteiger partial charge in [-0.25, -0.2) is 13.6 Å². The fourth-order valence-electron chi connectivity index (χ4n) is 3.64. The lowest BCUT2D eigenvalue weighted by Gasteiger charge is -2.28. The quantitative estimate of drug-likeness (QED) is 0.486. The molecule has 0 aliphatic heterocycles. The highest BCUT2D eigenvalue weighted by Gasteiger charge is 2.44. The van der Waals surface area contributed by atoms with Crippen LogP contribution >= 0.6 is 0 Å². The number of ether oxygens (including phenoxy) is 2. The molecule has 0 bridgehead atoms. The highest BCUT2D eigenvalue weighted by Crippen LogP contribution is 2.43. The van der Waals surface area contributed by atoms with Gasteiger partial charge in [0.25, 0.3) is 0 Å². The molecular formula is C22H31F2NO4. The highest BCUT2D eigenvalue weighted by molar-refractivity contribution is 5.75. The van der Waals surface area contributed by atoms with Crippen LogP contribution in [0.25, 0.3) is 0 Å². The van der Waals surface area contributed by atoms with Gasteiger partial charge in [0.05, 0.1) is 12.5 Å². The number of carbonyl (C=O) groups is 2. The molecule has 0 radical (unpaired) electrons. The Bertz CT molecular complexity index is 732. The molecule has 2 rings (SSSR count). The van der Waals surface area contributed by atoms with E-state index in [4.69, 9.17) is 9.47 Å². The number of nitrogens with zero attached hydrogens (tertiary/aromatic N) is 1. The first-order valence-corrected chi connectivity index (χ1v) is 10.1. The molecule has 1 fully saturated rings. The number of rotatable bonds is 6. The second-order valence-corrected chi connectivity index (χ2v) is 8.62. The van der Waals surface area contributed by atoms with Crippen molar-refractivity contribution in [3.8, 4) is 0 Å². The lowest BCUT2D eigenvalue weighted by molar-refractivity contribution is -0.149. The van der Waals surface area contributed by atoms with Gasteiger partial charge < -0.3 is 14.4 Å². The minimum Gasteiger partial charge on any atom is -0.465 e. The van der Waals surface area contributed by atoms with Crippen molar-refractivity contribution in [2.45, 2.75) is 70.9 Å². The predicted molar refractivity (Wildman–Crippen MR) is 105 cm³/mol. The maximum absolute atomic E-state index is 14.5. The standard InChI is InChI=1S/C22H31F2NO4/c1-6-7-10-28-20(26)18-13-15(25(5)21(27)29-22(2,3)4)12-17(18)16-9-8-14(23)11-19(16)24/h8-9,11,15,17-18H,6-7,10,12-13H2,1-5H3/t15-,17-,18+/m0/s1. The van der Waals surface area contributed by atoms with Crippen molar-refractivity contribution in [3.05, 3.63) is 35.4 Å². The van der Waals surface area contributed by atoms with Crippen LogP contribution in [0.2, 0.25) is 0 Å². The van der Waals surface area contributed by atoms with Crippen molar-refractivity contribution in [1.82, 2.24) is 4.90 Å². The van der Waals surface area contributed by atoms with Gasteiger partial charge in [-0.2, -0.15) is 0 Å². The zero-order valence-electron chi connectivity index (χ0n) is 17.8. The molecule has 1 amide bonds. The molecule has 1 aliphatic carbocycles. The van der Waals surface area contributed by atoms with Gasteiger partial charge in [-0.15, -0.1) is 0 Å². The third-order valence-corrected chi connectivity index (χ3v) is 5.17. The fourth-order valence-corrected chi connectivity index (χ4v) is 3.64. The topological polar surface area (TPSA) is 55.8 Å². The molecule has 0 unspecified atom stereocenters. The maximum atomic E-state index is 14.5. The molecule has 0 saturated heterocycles.